The van der Waals surface area contributed by atoms with Gasteiger partial charge in [0, 0.05) is 30.5 Å². The Morgan fingerprint density at radius 3 is 2.71 bits per heavy atom. The molecule has 1 aromatic heterocycles. The Morgan fingerprint density at radius 1 is 1.14 bits per heavy atom. The maximum Gasteiger partial charge on any atom is 0.123 e. The van der Waals surface area contributed by atoms with E-state index in [9.17, 15) is 0 Å². The number of nitrogens with two attached hydrogens (primary N) is 1. The van der Waals surface area contributed by atoms with Crippen molar-refractivity contribution in [3.8, 4) is 11.1 Å². The van der Waals surface area contributed by atoms with Crippen LogP contribution in [0, 0.1) is 0 Å². The predicted molar refractivity (Wildman–Crippen MR) is 90.4 cm³/mol. The number of rotatable bonds is 7. The molecule has 2 rings (SSSR count). The Labute approximate surface area is 127 Å². The molecule has 2 aromatic rings. The first-order valence-electron chi connectivity index (χ1n) is 7.43. The second-order valence-corrected chi connectivity index (χ2v) is 5.28. The summed E-state index contributed by atoms with van der Waals surface area (Å²) in [6, 6.07) is 12.2. The van der Waals surface area contributed by atoms with E-state index in [2.05, 4.69) is 53.4 Å². The third kappa shape index (κ3) is 4.76. The number of hydrogen-bond donors (Lipinski definition) is 2. The molecule has 0 fully saturated rings. The lowest BCUT2D eigenvalue weighted by Crippen LogP contribution is -2.25. The van der Waals surface area contributed by atoms with Gasteiger partial charge in [-0.2, -0.15) is 0 Å². The fourth-order valence-electron chi connectivity index (χ4n) is 2.27. The largest absolute Gasteiger partial charge is 0.384 e. The summed E-state index contributed by atoms with van der Waals surface area (Å²) in [5, 5.41) is 3.47. The number of likely N-dealkylation sites (N-methyl/N-ethyl adjacent to an activating group) is 1. The lowest BCUT2D eigenvalue weighted by atomic mass is 10.1. The summed E-state index contributed by atoms with van der Waals surface area (Å²) in [5.41, 5.74) is 8.99. The molecule has 1 heterocycles. The average Bonchev–Trinajstić information content (AvgIpc) is 2.48. The summed E-state index contributed by atoms with van der Waals surface area (Å²) in [7, 11) is 2.15. The Kier molecular flexibility index (Phi) is 5.58. The monoisotopic (exact) mass is 284 g/mol. The average molecular weight is 284 g/mol. The Balaban J connectivity index is 1.96. The molecule has 4 heteroatoms. The first kappa shape index (κ1) is 15.3. The maximum atomic E-state index is 5.63. The number of nitrogen functional groups attached to an aromatic ring is 1. The Morgan fingerprint density at radius 2 is 2.00 bits per heavy atom. The number of nitrogens with zero attached hydrogens (tertiary/aromatic N) is 2. The standard InChI is InChI=1S/C17H24N4/c1-3-10-21(2)11-9-19-16-6-4-5-14(12-16)15-7-8-17(18)20-13-15/h4-8,12-13,19H,3,9-11H2,1-2H3,(H2,18,20). The van der Waals surface area contributed by atoms with Crippen molar-refractivity contribution in [2.75, 3.05) is 37.7 Å². The van der Waals surface area contributed by atoms with E-state index in [1.54, 1.807) is 0 Å². The molecule has 112 valence electrons. The molecule has 0 unspecified atom stereocenters. The Hall–Kier alpha value is -2.07. The lowest BCUT2D eigenvalue weighted by molar-refractivity contribution is 0.348. The van der Waals surface area contributed by atoms with E-state index in [0.717, 1.165) is 36.4 Å². The van der Waals surface area contributed by atoms with Crippen molar-refractivity contribution >= 4 is 11.5 Å². The zero-order chi connectivity index (χ0) is 15.1. The zero-order valence-electron chi connectivity index (χ0n) is 12.8. The van der Waals surface area contributed by atoms with Crippen molar-refractivity contribution in [3.05, 3.63) is 42.6 Å². The minimum absolute atomic E-state index is 0.548. The summed E-state index contributed by atoms with van der Waals surface area (Å²) < 4.78 is 0. The topological polar surface area (TPSA) is 54.2 Å². The molecule has 0 saturated heterocycles. The Bertz CT molecular complexity index is 551. The van der Waals surface area contributed by atoms with Crippen LogP contribution < -0.4 is 11.1 Å². The van der Waals surface area contributed by atoms with Crippen LogP contribution in [0.15, 0.2) is 42.6 Å². The number of benzene rings is 1. The van der Waals surface area contributed by atoms with E-state index in [1.807, 2.05) is 18.3 Å². The van der Waals surface area contributed by atoms with E-state index in [1.165, 1.54) is 6.42 Å². The molecular weight excluding hydrogens is 260 g/mol. The van der Waals surface area contributed by atoms with Crippen molar-refractivity contribution < 1.29 is 0 Å². The maximum absolute atomic E-state index is 5.63. The molecule has 4 nitrogen and oxygen atoms in total. The first-order valence-corrected chi connectivity index (χ1v) is 7.43. The number of hydrogen-bond acceptors (Lipinski definition) is 4. The van der Waals surface area contributed by atoms with Gasteiger partial charge in [-0.3, -0.25) is 0 Å². The zero-order valence-corrected chi connectivity index (χ0v) is 12.8. The third-order valence-electron chi connectivity index (χ3n) is 3.41. The van der Waals surface area contributed by atoms with Gasteiger partial charge in [0.1, 0.15) is 5.82 Å². The highest BCUT2D eigenvalue weighted by atomic mass is 15.1. The molecule has 1 aromatic carbocycles. The molecule has 0 spiro atoms. The van der Waals surface area contributed by atoms with Gasteiger partial charge < -0.3 is 16.0 Å². The molecule has 0 saturated carbocycles. The van der Waals surface area contributed by atoms with Gasteiger partial charge in [-0.05, 0) is 49.8 Å². The van der Waals surface area contributed by atoms with Crippen molar-refractivity contribution in [1.29, 1.82) is 0 Å². The highest BCUT2D eigenvalue weighted by Gasteiger charge is 2.01. The van der Waals surface area contributed by atoms with Crippen LogP contribution in [-0.4, -0.2) is 36.6 Å². The van der Waals surface area contributed by atoms with Crippen LogP contribution in [0.25, 0.3) is 11.1 Å². The molecule has 0 aliphatic rings. The second-order valence-electron chi connectivity index (χ2n) is 5.28. The van der Waals surface area contributed by atoms with Crippen molar-refractivity contribution in [1.82, 2.24) is 9.88 Å². The first-order chi connectivity index (χ1) is 10.2. The summed E-state index contributed by atoms with van der Waals surface area (Å²) >= 11 is 0. The van der Waals surface area contributed by atoms with Crippen LogP contribution in [0.3, 0.4) is 0 Å². The van der Waals surface area contributed by atoms with Crippen molar-refractivity contribution in [3.63, 3.8) is 0 Å². The van der Waals surface area contributed by atoms with Gasteiger partial charge in [0.2, 0.25) is 0 Å². The molecule has 0 amide bonds. The summed E-state index contributed by atoms with van der Waals surface area (Å²) in [5.74, 6) is 0.548. The van der Waals surface area contributed by atoms with E-state index >= 15 is 0 Å². The molecule has 0 radical (unpaired) electrons. The number of aromatic nitrogens is 1. The molecule has 0 bridgehead atoms. The van der Waals surface area contributed by atoms with Crippen molar-refractivity contribution in [2.24, 2.45) is 0 Å². The van der Waals surface area contributed by atoms with Crippen LogP contribution in [0.4, 0.5) is 11.5 Å². The van der Waals surface area contributed by atoms with E-state index in [4.69, 9.17) is 5.73 Å². The summed E-state index contributed by atoms with van der Waals surface area (Å²) in [4.78, 5) is 6.48. The van der Waals surface area contributed by atoms with Gasteiger partial charge in [0.05, 0.1) is 0 Å². The van der Waals surface area contributed by atoms with E-state index in [0.29, 0.717) is 5.82 Å². The molecule has 0 aliphatic carbocycles. The van der Waals surface area contributed by atoms with Crippen LogP contribution in [0.2, 0.25) is 0 Å². The van der Waals surface area contributed by atoms with Gasteiger partial charge in [0.25, 0.3) is 0 Å². The lowest BCUT2D eigenvalue weighted by Gasteiger charge is -2.16. The number of nitrogens with one attached hydrogen (secondary N) is 1. The predicted octanol–water partition coefficient (Wildman–Crippen LogP) is 3.08. The minimum atomic E-state index is 0.548. The van der Waals surface area contributed by atoms with Crippen LogP contribution in [-0.2, 0) is 0 Å². The minimum Gasteiger partial charge on any atom is -0.384 e. The molecule has 21 heavy (non-hydrogen) atoms. The second kappa shape index (κ2) is 7.64. The van der Waals surface area contributed by atoms with E-state index in [-0.39, 0.29) is 0 Å². The fraction of sp³-hybridized carbons (Fsp3) is 0.353. The highest BCUT2D eigenvalue weighted by molar-refractivity contribution is 5.68. The van der Waals surface area contributed by atoms with Crippen LogP contribution in [0.1, 0.15) is 13.3 Å². The molecular formula is C17H24N4. The SMILES string of the molecule is CCCN(C)CCNc1cccc(-c2ccc(N)nc2)c1. The summed E-state index contributed by atoms with van der Waals surface area (Å²) in [6.07, 6.45) is 3.00. The van der Waals surface area contributed by atoms with Crippen LogP contribution in [0.5, 0.6) is 0 Å². The summed E-state index contributed by atoms with van der Waals surface area (Å²) in [6.45, 7) is 5.33. The quantitative estimate of drug-likeness (QED) is 0.820. The van der Waals surface area contributed by atoms with E-state index < -0.39 is 0 Å². The fourth-order valence-corrected chi connectivity index (χ4v) is 2.27. The van der Waals surface area contributed by atoms with Gasteiger partial charge >= 0.3 is 0 Å². The van der Waals surface area contributed by atoms with Crippen molar-refractivity contribution in [2.45, 2.75) is 13.3 Å². The van der Waals surface area contributed by atoms with Gasteiger partial charge in [-0.25, -0.2) is 4.98 Å². The van der Waals surface area contributed by atoms with Gasteiger partial charge in [0.15, 0.2) is 0 Å². The van der Waals surface area contributed by atoms with Gasteiger partial charge in [-0.1, -0.05) is 19.1 Å². The number of anilines is 2. The van der Waals surface area contributed by atoms with Crippen LogP contribution >= 0.6 is 0 Å². The van der Waals surface area contributed by atoms with Gasteiger partial charge in [-0.15, -0.1) is 0 Å². The number of pyridine rings is 1. The normalized spacial score (nSPS) is 10.8. The smallest absolute Gasteiger partial charge is 0.123 e. The molecule has 3 N–H and O–H groups in total. The third-order valence-corrected chi connectivity index (χ3v) is 3.41. The molecule has 0 aliphatic heterocycles. The highest BCUT2D eigenvalue weighted by Crippen LogP contribution is 2.22. The molecule has 0 atom stereocenters.